The van der Waals surface area contributed by atoms with E-state index >= 15 is 0 Å². The van der Waals surface area contributed by atoms with Gasteiger partial charge >= 0.3 is 0 Å². The van der Waals surface area contributed by atoms with Crippen molar-refractivity contribution in [2.24, 2.45) is 5.92 Å². The number of aromatic nitrogens is 3. The van der Waals surface area contributed by atoms with E-state index in [9.17, 15) is 4.79 Å². The third kappa shape index (κ3) is 2.47. The topological polar surface area (TPSA) is 87.0 Å². The summed E-state index contributed by atoms with van der Waals surface area (Å²) in [6.07, 6.45) is 5.94. The van der Waals surface area contributed by atoms with Crippen molar-refractivity contribution in [2.75, 3.05) is 18.0 Å². The molecule has 116 valence electrons. The highest BCUT2D eigenvalue weighted by atomic mass is 16.5. The Labute approximate surface area is 128 Å². The van der Waals surface area contributed by atoms with Crippen LogP contribution >= 0.6 is 0 Å². The Morgan fingerprint density at radius 3 is 3.05 bits per heavy atom. The van der Waals surface area contributed by atoms with Gasteiger partial charge in [-0.15, -0.1) is 0 Å². The van der Waals surface area contributed by atoms with Gasteiger partial charge in [0, 0.05) is 31.3 Å². The number of nitrogens with one attached hydrogen (secondary N) is 2. The van der Waals surface area contributed by atoms with E-state index in [-0.39, 0.29) is 11.9 Å². The minimum absolute atomic E-state index is 0.100. The molecule has 2 atom stereocenters. The van der Waals surface area contributed by atoms with Gasteiger partial charge in [-0.1, -0.05) is 12.1 Å². The van der Waals surface area contributed by atoms with Crippen molar-refractivity contribution in [2.45, 2.75) is 31.7 Å². The van der Waals surface area contributed by atoms with Crippen LogP contribution in [0.3, 0.4) is 0 Å². The zero-order valence-electron chi connectivity index (χ0n) is 12.5. The first-order valence-corrected chi connectivity index (χ1v) is 7.72. The minimum Gasteiger partial charge on any atom is -0.367 e. The average molecular weight is 301 g/mol. The number of anilines is 1. The summed E-state index contributed by atoms with van der Waals surface area (Å²) in [5.74, 6) is 1.52. The van der Waals surface area contributed by atoms with Crippen LogP contribution in [0.15, 0.2) is 23.0 Å². The van der Waals surface area contributed by atoms with Crippen LogP contribution in [0.5, 0.6) is 0 Å². The van der Waals surface area contributed by atoms with E-state index in [0.29, 0.717) is 17.5 Å². The van der Waals surface area contributed by atoms with Crippen molar-refractivity contribution in [3.63, 3.8) is 0 Å². The molecule has 1 amide bonds. The zero-order chi connectivity index (χ0) is 15.1. The Balaban J connectivity index is 1.40. The SMILES string of the molecule is C[C@H]1CN(c2cn[nH]c2)CC1NC(=O)c1cc(C2CC2)on1. The first-order chi connectivity index (χ1) is 10.7. The lowest BCUT2D eigenvalue weighted by atomic mass is 10.1. The summed E-state index contributed by atoms with van der Waals surface area (Å²) in [6, 6.07) is 1.88. The lowest BCUT2D eigenvalue weighted by Crippen LogP contribution is -2.40. The fourth-order valence-electron chi connectivity index (χ4n) is 2.98. The Morgan fingerprint density at radius 1 is 1.45 bits per heavy atom. The van der Waals surface area contributed by atoms with E-state index in [1.807, 2.05) is 6.20 Å². The smallest absolute Gasteiger partial charge is 0.273 e. The number of rotatable bonds is 4. The molecule has 2 N–H and O–H groups in total. The molecule has 2 aromatic heterocycles. The fraction of sp³-hybridized carbons (Fsp3) is 0.533. The van der Waals surface area contributed by atoms with Gasteiger partial charge in [0.05, 0.1) is 17.9 Å². The van der Waals surface area contributed by atoms with Crippen molar-refractivity contribution in [3.8, 4) is 0 Å². The van der Waals surface area contributed by atoms with Gasteiger partial charge in [-0.3, -0.25) is 9.89 Å². The molecular weight excluding hydrogens is 282 g/mol. The highest BCUT2D eigenvalue weighted by Crippen LogP contribution is 2.40. The summed E-state index contributed by atoms with van der Waals surface area (Å²) < 4.78 is 5.25. The third-order valence-corrected chi connectivity index (χ3v) is 4.52. The monoisotopic (exact) mass is 301 g/mol. The fourth-order valence-corrected chi connectivity index (χ4v) is 2.98. The van der Waals surface area contributed by atoms with Crippen molar-refractivity contribution in [3.05, 3.63) is 29.9 Å². The second kappa shape index (κ2) is 5.15. The van der Waals surface area contributed by atoms with Crippen LogP contribution in [0.2, 0.25) is 0 Å². The van der Waals surface area contributed by atoms with E-state index in [1.54, 1.807) is 12.3 Å². The van der Waals surface area contributed by atoms with Gasteiger partial charge in [-0.25, -0.2) is 0 Å². The molecule has 2 aromatic rings. The molecule has 1 saturated carbocycles. The van der Waals surface area contributed by atoms with Gasteiger partial charge < -0.3 is 14.7 Å². The maximum absolute atomic E-state index is 12.3. The third-order valence-electron chi connectivity index (χ3n) is 4.52. The molecule has 0 aromatic carbocycles. The first-order valence-electron chi connectivity index (χ1n) is 7.72. The molecule has 1 aliphatic carbocycles. The standard InChI is InChI=1S/C15H19N5O2/c1-9-7-20(11-5-16-17-6-11)8-13(9)18-15(21)12-4-14(22-19-12)10-2-3-10/h4-6,9-10,13H,2-3,7-8H2,1H3,(H,16,17)(H,18,21)/t9-,13?/m0/s1. The molecule has 7 nitrogen and oxygen atoms in total. The first kappa shape index (κ1) is 13.4. The maximum atomic E-state index is 12.3. The molecule has 7 heteroatoms. The van der Waals surface area contributed by atoms with Crippen molar-refractivity contribution >= 4 is 11.6 Å². The summed E-state index contributed by atoms with van der Waals surface area (Å²) in [5, 5.41) is 13.8. The summed E-state index contributed by atoms with van der Waals surface area (Å²) in [5.41, 5.74) is 1.44. The van der Waals surface area contributed by atoms with Crippen LogP contribution in [-0.2, 0) is 0 Å². The minimum atomic E-state index is -0.151. The van der Waals surface area contributed by atoms with Gasteiger partial charge in [-0.2, -0.15) is 5.10 Å². The second-order valence-electron chi connectivity index (χ2n) is 6.31. The molecule has 0 bridgehead atoms. The molecule has 0 spiro atoms. The molecule has 0 radical (unpaired) electrons. The Kier molecular flexibility index (Phi) is 3.13. The van der Waals surface area contributed by atoms with E-state index in [2.05, 4.69) is 32.5 Å². The number of carbonyl (C=O) groups excluding carboxylic acids is 1. The molecule has 2 aliphatic rings. The van der Waals surface area contributed by atoms with E-state index < -0.39 is 0 Å². The predicted octanol–water partition coefficient (Wildman–Crippen LogP) is 1.53. The van der Waals surface area contributed by atoms with Crippen LogP contribution in [-0.4, -0.2) is 40.4 Å². The quantitative estimate of drug-likeness (QED) is 0.894. The highest BCUT2D eigenvalue weighted by Gasteiger charge is 2.33. The van der Waals surface area contributed by atoms with Gasteiger partial charge in [0.25, 0.3) is 5.91 Å². The Morgan fingerprint density at radius 2 is 2.32 bits per heavy atom. The molecule has 2 fully saturated rings. The van der Waals surface area contributed by atoms with E-state index in [1.165, 1.54) is 0 Å². The van der Waals surface area contributed by atoms with Gasteiger partial charge in [0.1, 0.15) is 5.76 Å². The number of hydrogen-bond donors (Lipinski definition) is 2. The van der Waals surface area contributed by atoms with Crippen LogP contribution in [0, 0.1) is 5.92 Å². The highest BCUT2D eigenvalue weighted by molar-refractivity contribution is 5.92. The number of H-pyrrole nitrogens is 1. The molecule has 1 unspecified atom stereocenters. The van der Waals surface area contributed by atoms with Crippen LogP contribution in [0.25, 0.3) is 0 Å². The predicted molar refractivity (Wildman–Crippen MR) is 79.7 cm³/mol. The zero-order valence-corrected chi connectivity index (χ0v) is 12.5. The van der Waals surface area contributed by atoms with Crippen molar-refractivity contribution in [1.29, 1.82) is 0 Å². The van der Waals surface area contributed by atoms with Crippen molar-refractivity contribution < 1.29 is 9.32 Å². The van der Waals surface area contributed by atoms with Gasteiger partial charge in [0.15, 0.2) is 5.69 Å². The summed E-state index contributed by atoms with van der Waals surface area (Å²) >= 11 is 0. The van der Waals surface area contributed by atoms with Crippen LogP contribution < -0.4 is 10.2 Å². The molecule has 22 heavy (non-hydrogen) atoms. The number of nitrogens with zero attached hydrogens (tertiary/aromatic N) is 3. The van der Waals surface area contributed by atoms with Gasteiger partial charge in [0.2, 0.25) is 0 Å². The number of aromatic amines is 1. The van der Waals surface area contributed by atoms with Gasteiger partial charge in [-0.05, 0) is 18.8 Å². The largest absolute Gasteiger partial charge is 0.367 e. The summed E-state index contributed by atoms with van der Waals surface area (Å²) in [7, 11) is 0. The lowest BCUT2D eigenvalue weighted by Gasteiger charge is -2.16. The summed E-state index contributed by atoms with van der Waals surface area (Å²) in [4.78, 5) is 14.5. The Bertz CT molecular complexity index is 661. The Hall–Kier alpha value is -2.31. The normalized spacial score (nSPS) is 24.7. The molecule has 3 heterocycles. The van der Waals surface area contributed by atoms with Crippen LogP contribution in [0.4, 0.5) is 5.69 Å². The molecule has 4 rings (SSSR count). The molecule has 1 aliphatic heterocycles. The summed E-state index contributed by atoms with van der Waals surface area (Å²) in [6.45, 7) is 3.82. The number of carbonyl (C=O) groups is 1. The molecular formula is C15H19N5O2. The average Bonchev–Trinajstić information content (AvgIpc) is 2.96. The van der Waals surface area contributed by atoms with Crippen LogP contribution in [0.1, 0.15) is 41.9 Å². The second-order valence-corrected chi connectivity index (χ2v) is 6.31. The molecule has 1 saturated heterocycles. The maximum Gasteiger partial charge on any atom is 0.273 e. The lowest BCUT2D eigenvalue weighted by molar-refractivity contribution is 0.0924. The van der Waals surface area contributed by atoms with E-state index in [0.717, 1.165) is 37.4 Å². The number of hydrogen-bond acceptors (Lipinski definition) is 5. The number of amides is 1. The van der Waals surface area contributed by atoms with Crippen molar-refractivity contribution in [1.82, 2.24) is 20.7 Å². The van der Waals surface area contributed by atoms with E-state index in [4.69, 9.17) is 4.52 Å².